The highest BCUT2D eigenvalue weighted by atomic mass is 35.5. The van der Waals surface area contributed by atoms with E-state index >= 15 is 0 Å². The summed E-state index contributed by atoms with van der Waals surface area (Å²) in [7, 11) is 1.22. The molecule has 0 fully saturated rings. The summed E-state index contributed by atoms with van der Waals surface area (Å²) in [5.74, 6) is -1.01. The molecule has 8 nitrogen and oxygen atoms in total. The van der Waals surface area contributed by atoms with Crippen LogP contribution in [0.15, 0.2) is 48.2 Å². The number of nitriles is 1. The lowest BCUT2D eigenvalue weighted by Gasteiger charge is -2.13. The number of amides is 1. The third-order valence-electron chi connectivity index (χ3n) is 3.67. The molecule has 2 N–H and O–H groups in total. The van der Waals surface area contributed by atoms with Crippen LogP contribution >= 0.6 is 11.6 Å². The molecule has 0 atom stereocenters. The lowest BCUT2D eigenvalue weighted by atomic mass is 10.1. The summed E-state index contributed by atoms with van der Waals surface area (Å²) in [6, 6.07) is 7.88. The van der Waals surface area contributed by atoms with Crippen LogP contribution in [0.5, 0.6) is 5.75 Å². The van der Waals surface area contributed by atoms with E-state index in [0.717, 1.165) is 24.4 Å². The van der Waals surface area contributed by atoms with Gasteiger partial charge in [-0.3, -0.25) is 14.9 Å². The molecule has 0 aliphatic heterocycles. The minimum absolute atomic E-state index is 0.0247. The predicted octanol–water partition coefficient (Wildman–Crippen LogP) is 4.73. The molecule has 2 aromatic rings. The fraction of sp³-hybridized carbons (Fsp3) is 0.111. The molecule has 0 bridgehead atoms. The van der Waals surface area contributed by atoms with Gasteiger partial charge in [0.25, 0.3) is 11.6 Å². The molecule has 1 amide bonds. The van der Waals surface area contributed by atoms with Crippen molar-refractivity contribution < 1.29 is 27.6 Å². The lowest BCUT2D eigenvalue weighted by molar-refractivity contribution is -0.384. The van der Waals surface area contributed by atoms with Gasteiger partial charge in [0.1, 0.15) is 17.4 Å². The van der Waals surface area contributed by atoms with Crippen LogP contribution in [-0.2, 0) is 11.0 Å². The van der Waals surface area contributed by atoms with Crippen molar-refractivity contribution in [3.05, 3.63) is 68.9 Å². The van der Waals surface area contributed by atoms with Gasteiger partial charge in [0.05, 0.1) is 35.0 Å². The second-order valence-corrected chi connectivity index (χ2v) is 6.03. The number of rotatable bonds is 6. The van der Waals surface area contributed by atoms with E-state index in [9.17, 15) is 33.3 Å². The van der Waals surface area contributed by atoms with E-state index < -0.39 is 33.8 Å². The third kappa shape index (κ3) is 5.39. The second kappa shape index (κ2) is 9.15. The lowest BCUT2D eigenvalue weighted by Crippen LogP contribution is -2.16. The Morgan fingerprint density at radius 1 is 1.27 bits per heavy atom. The molecule has 30 heavy (non-hydrogen) atoms. The average molecular weight is 441 g/mol. The van der Waals surface area contributed by atoms with Gasteiger partial charge < -0.3 is 15.4 Å². The van der Waals surface area contributed by atoms with E-state index in [1.54, 1.807) is 6.07 Å². The van der Waals surface area contributed by atoms with Gasteiger partial charge in [-0.1, -0.05) is 11.6 Å². The monoisotopic (exact) mass is 440 g/mol. The molecule has 12 heteroatoms. The number of nitrogens with one attached hydrogen (secondary N) is 2. The number of methoxy groups -OCH3 is 1. The highest BCUT2D eigenvalue weighted by Crippen LogP contribution is 2.36. The van der Waals surface area contributed by atoms with Crippen LogP contribution in [0.2, 0.25) is 5.02 Å². The largest absolute Gasteiger partial charge is 0.494 e. The average Bonchev–Trinajstić information content (AvgIpc) is 2.68. The highest BCUT2D eigenvalue weighted by molar-refractivity contribution is 6.30. The Morgan fingerprint density at radius 2 is 1.93 bits per heavy atom. The fourth-order valence-corrected chi connectivity index (χ4v) is 2.43. The summed E-state index contributed by atoms with van der Waals surface area (Å²) >= 11 is 5.60. The molecule has 0 saturated heterocycles. The Balaban J connectivity index is 2.27. The topological polar surface area (TPSA) is 117 Å². The smallest absolute Gasteiger partial charge is 0.418 e. The van der Waals surface area contributed by atoms with Gasteiger partial charge in [-0.25, -0.2) is 0 Å². The summed E-state index contributed by atoms with van der Waals surface area (Å²) < 4.78 is 44.4. The summed E-state index contributed by atoms with van der Waals surface area (Å²) in [6.45, 7) is 0. The van der Waals surface area contributed by atoms with E-state index in [0.29, 0.717) is 6.07 Å². The van der Waals surface area contributed by atoms with Crippen LogP contribution in [0.25, 0.3) is 0 Å². The van der Waals surface area contributed by atoms with Crippen molar-refractivity contribution in [2.75, 3.05) is 17.7 Å². The van der Waals surface area contributed by atoms with Crippen molar-refractivity contribution in [2.24, 2.45) is 0 Å². The van der Waals surface area contributed by atoms with Crippen molar-refractivity contribution in [1.29, 1.82) is 5.26 Å². The number of nitro benzene ring substituents is 1. The van der Waals surface area contributed by atoms with Gasteiger partial charge in [-0.05, 0) is 24.3 Å². The zero-order chi connectivity index (χ0) is 22.5. The Bertz CT molecular complexity index is 1060. The van der Waals surface area contributed by atoms with Gasteiger partial charge in [0.15, 0.2) is 0 Å². The van der Waals surface area contributed by atoms with Crippen molar-refractivity contribution in [1.82, 2.24) is 0 Å². The summed E-state index contributed by atoms with van der Waals surface area (Å²) in [6.07, 6.45) is -3.92. The van der Waals surface area contributed by atoms with Gasteiger partial charge in [0, 0.05) is 17.3 Å². The van der Waals surface area contributed by atoms with Gasteiger partial charge in [0.2, 0.25) is 0 Å². The van der Waals surface area contributed by atoms with Crippen molar-refractivity contribution in [3.63, 3.8) is 0 Å². The highest BCUT2D eigenvalue weighted by Gasteiger charge is 2.33. The van der Waals surface area contributed by atoms with Crippen LogP contribution in [0, 0.1) is 21.4 Å². The number of alkyl halides is 3. The van der Waals surface area contributed by atoms with E-state index in [1.807, 2.05) is 0 Å². The number of hydrogen-bond acceptors (Lipinski definition) is 6. The van der Waals surface area contributed by atoms with E-state index in [1.165, 1.54) is 19.2 Å². The molecule has 0 saturated carbocycles. The van der Waals surface area contributed by atoms with Crippen LogP contribution in [-0.4, -0.2) is 17.9 Å². The number of nitro groups is 1. The Morgan fingerprint density at radius 3 is 2.50 bits per heavy atom. The normalized spacial score (nSPS) is 11.4. The summed E-state index contributed by atoms with van der Waals surface area (Å²) in [5.41, 5.74) is -2.32. The minimum atomic E-state index is -4.72. The first-order valence-electron chi connectivity index (χ1n) is 7.94. The quantitative estimate of drug-likeness (QED) is 0.290. The molecular formula is C18H12ClF3N4O4. The van der Waals surface area contributed by atoms with Crippen LogP contribution in [0.3, 0.4) is 0 Å². The van der Waals surface area contributed by atoms with E-state index in [2.05, 4.69) is 10.6 Å². The molecule has 2 rings (SSSR count). The van der Waals surface area contributed by atoms with Gasteiger partial charge in [-0.15, -0.1) is 0 Å². The Kier molecular flexibility index (Phi) is 6.86. The Hall–Kier alpha value is -3.78. The molecule has 0 aliphatic rings. The van der Waals surface area contributed by atoms with Gasteiger partial charge >= 0.3 is 6.18 Å². The maximum absolute atomic E-state index is 13.1. The first kappa shape index (κ1) is 22.5. The van der Waals surface area contributed by atoms with Crippen LogP contribution in [0.4, 0.5) is 30.2 Å². The maximum atomic E-state index is 13.1. The molecule has 0 heterocycles. The second-order valence-electron chi connectivity index (χ2n) is 5.60. The number of anilines is 2. The maximum Gasteiger partial charge on any atom is 0.418 e. The number of ether oxygens (including phenoxy) is 1. The standard InChI is InChI=1S/C18H12ClF3N4O4/c1-30-16-7-12(26(28)29)3-5-15(16)25-17(27)10(8-23)9-24-14-4-2-11(19)6-13(14)18(20,21)22/h2-7,9,24H,1H3,(H,25,27)/b10-9-. The van der Waals surface area contributed by atoms with Crippen molar-refractivity contribution in [3.8, 4) is 11.8 Å². The first-order valence-corrected chi connectivity index (χ1v) is 8.32. The van der Waals surface area contributed by atoms with Crippen molar-refractivity contribution >= 4 is 34.6 Å². The third-order valence-corrected chi connectivity index (χ3v) is 3.90. The summed E-state index contributed by atoms with van der Waals surface area (Å²) in [5, 5.41) is 24.4. The molecule has 0 spiro atoms. The SMILES string of the molecule is COc1cc([N+](=O)[O-])ccc1NC(=O)/C(C#N)=C\Nc1ccc(Cl)cc1C(F)(F)F. The zero-order valence-corrected chi connectivity index (χ0v) is 15.8. The molecule has 0 aromatic heterocycles. The van der Waals surface area contributed by atoms with Crippen molar-refractivity contribution in [2.45, 2.75) is 6.18 Å². The number of hydrogen-bond donors (Lipinski definition) is 2. The number of halogens is 4. The molecule has 0 radical (unpaired) electrons. The minimum Gasteiger partial charge on any atom is -0.494 e. The first-order chi connectivity index (χ1) is 14.1. The van der Waals surface area contributed by atoms with E-state index in [-0.39, 0.29) is 22.1 Å². The fourth-order valence-electron chi connectivity index (χ4n) is 2.26. The molecule has 156 valence electrons. The predicted molar refractivity (Wildman–Crippen MR) is 102 cm³/mol. The van der Waals surface area contributed by atoms with Gasteiger partial charge in [-0.2, -0.15) is 18.4 Å². The number of carbonyl (C=O) groups excluding carboxylic acids is 1. The molecule has 2 aromatic carbocycles. The molecular weight excluding hydrogens is 429 g/mol. The van der Waals surface area contributed by atoms with Crippen LogP contribution < -0.4 is 15.4 Å². The zero-order valence-electron chi connectivity index (χ0n) is 15.1. The number of carbonyl (C=O) groups is 1. The number of nitrogens with zero attached hydrogens (tertiary/aromatic N) is 2. The summed E-state index contributed by atoms with van der Waals surface area (Å²) in [4.78, 5) is 22.5. The number of non-ortho nitro benzene ring substituents is 1. The van der Waals surface area contributed by atoms with Crippen LogP contribution in [0.1, 0.15) is 5.56 Å². The molecule has 0 unspecified atom stereocenters. The number of benzene rings is 2. The molecule has 0 aliphatic carbocycles. The Labute approximate surface area is 172 Å². The van der Waals surface area contributed by atoms with E-state index in [4.69, 9.17) is 16.3 Å².